The van der Waals surface area contributed by atoms with Crippen molar-refractivity contribution in [3.8, 4) is 0 Å². The van der Waals surface area contributed by atoms with Gasteiger partial charge in [-0.25, -0.2) is 0 Å². The van der Waals surface area contributed by atoms with Crippen LogP contribution in [-0.2, 0) is 12.7 Å². The molecule has 0 spiro atoms. The Bertz CT molecular complexity index is 326. The van der Waals surface area contributed by atoms with Crippen molar-refractivity contribution in [2.45, 2.75) is 19.1 Å². The molecule has 2 heterocycles. The van der Waals surface area contributed by atoms with Crippen molar-refractivity contribution in [2.24, 2.45) is 5.92 Å². The van der Waals surface area contributed by atoms with Crippen molar-refractivity contribution in [3.05, 3.63) is 18.0 Å². The topological polar surface area (TPSA) is 29.9 Å². The Morgan fingerprint density at radius 1 is 1.53 bits per heavy atom. The highest BCUT2D eigenvalue weighted by atomic mass is 19.4. The van der Waals surface area contributed by atoms with Crippen molar-refractivity contribution in [3.63, 3.8) is 0 Å². The molecule has 2 rings (SSSR count). The lowest BCUT2D eigenvalue weighted by Gasteiger charge is -2.08. The first-order chi connectivity index (χ1) is 7.05. The van der Waals surface area contributed by atoms with Gasteiger partial charge in [-0.05, 0) is 31.5 Å². The normalized spacial score (nSPS) is 22.2. The van der Waals surface area contributed by atoms with Gasteiger partial charge in [0.1, 0.15) is 0 Å². The number of halogens is 3. The number of hydrogen-bond acceptors (Lipinski definition) is 2. The van der Waals surface area contributed by atoms with Crippen molar-refractivity contribution in [2.75, 3.05) is 13.1 Å². The van der Waals surface area contributed by atoms with E-state index in [4.69, 9.17) is 0 Å². The van der Waals surface area contributed by atoms with E-state index >= 15 is 0 Å². The quantitative estimate of drug-likeness (QED) is 0.817. The van der Waals surface area contributed by atoms with E-state index in [1.165, 1.54) is 10.9 Å². The summed E-state index contributed by atoms with van der Waals surface area (Å²) in [6.45, 7) is 2.36. The first kappa shape index (κ1) is 10.5. The summed E-state index contributed by atoms with van der Waals surface area (Å²) in [4.78, 5) is 0. The van der Waals surface area contributed by atoms with Gasteiger partial charge in [-0.3, -0.25) is 4.68 Å². The molecular weight excluding hydrogens is 207 g/mol. The van der Waals surface area contributed by atoms with Gasteiger partial charge in [-0.2, -0.15) is 18.3 Å². The molecule has 3 nitrogen and oxygen atoms in total. The van der Waals surface area contributed by atoms with Crippen LogP contribution in [0.4, 0.5) is 13.2 Å². The van der Waals surface area contributed by atoms with E-state index in [0.29, 0.717) is 12.5 Å². The Hall–Kier alpha value is -1.04. The first-order valence-corrected chi connectivity index (χ1v) is 4.87. The van der Waals surface area contributed by atoms with Crippen molar-refractivity contribution >= 4 is 0 Å². The van der Waals surface area contributed by atoms with Gasteiger partial charge in [0.2, 0.25) is 0 Å². The van der Waals surface area contributed by atoms with Gasteiger partial charge < -0.3 is 5.32 Å². The van der Waals surface area contributed by atoms with Crippen molar-refractivity contribution < 1.29 is 13.2 Å². The smallest absolute Gasteiger partial charge is 0.316 e. The molecule has 1 aromatic heterocycles. The SMILES string of the molecule is FC(F)(F)c1ccn(CC2CCNC2)n1. The molecule has 15 heavy (non-hydrogen) atoms. The second-order valence-electron chi connectivity index (χ2n) is 3.78. The molecule has 0 saturated carbocycles. The van der Waals surface area contributed by atoms with Crippen LogP contribution in [0.25, 0.3) is 0 Å². The van der Waals surface area contributed by atoms with Gasteiger partial charge in [0.25, 0.3) is 0 Å². The highest BCUT2D eigenvalue weighted by Gasteiger charge is 2.33. The maximum Gasteiger partial charge on any atom is 0.435 e. The summed E-state index contributed by atoms with van der Waals surface area (Å²) >= 11 is 0. The Labute approximate surface area is 85.3 Å². The predicted molar refractivity (Wildman–Crippen MR) is 48.2 cm³/mol. The minimum atomic E-state index is -4.33. The third-order valence-corrected chi connectivity index (χ3v) is 2.54. The van der Waals surface area contributed by atoms with Crippen LogP contribution in [0.5, 0.6) is 0 Å². The minimum absolute atomic E-state index is 0.394. The standard InChI is InChI=1S/C9H12F3N3/c10-9(11,12)8-2-4-15(14-8)6-7-1-3-13-5-7/h2,4,7,13H,1,3,5-6H2. The molecule has 1 saturated heterocycles. The van der Waals surface area contributed by atoms with Gasteiger partial charge in [0, 0.05) is 12.7 Å². The maximum atomic E-state index is 12.2. The fourth-order valence-corrected chi connectivity index (χ4v) is 1.75. The summed E-state index contributed by atoms with van der Waals surface area (Å²) in [5.41, 5.74) is -0.812. The molecule has 1 fully saturated rings. The van der Waals surface area contributed by atoms with E-state index in [1.807, 2.05) is 0 Å². The average molecular weight is 219 g/mol. The van der Waals surface area contributed by atoms with Gasteiger partial charge in [0.05, 0.1) is 0 Å². The minimum Gasteiger partial charge on any atom is -0.316 e. The Morgan fingerprint density at radius 2 is 2.33 bits per heavy atom. The Kier molecular flexibility index (Phi) is 2.68. The van der Waals surface area contributed by atoms with Crippen LogP contribution in [0, 0.1) is 5.92 Å². The summed E-state index contributed by atoms with van der Waals surface area (Å²) in [6, 6.07) is 1.02. The molecule has 84 valence electrons. The van der Waals surface area contributed by atoms with E-state index in [9.17, 15) is 13.2 Å². The zero-order valence-electron chi connectivity index (χ0n) is 8.09. The molecule has 6 heteroatoms. The van der Waals surface area contributed by atoms with E-state index in [2.05, 4.69) is 10.4 Å². The number of alkyl halides is 3. The fourth-order valence-electron chi connectivity index (χ4n) is 1.75. The van der Waals surface area contributed by atoms with E-state index in [1.54, 1.807) is 0 Å². The molecule has 1 aliphatic heterocycles. The lowest BCUT2D eigenvalue weighted by Crippen LogP contribution is -2.15. The second kappa shape index (κ2) is 3.84. The van der Waals surface area contributed by atoms with Crippen LogP contribution >= 0.6 is 0 Å². The van der Waals surface area contributed by atoms with Crippen LogP contribution in [0.3, 0.4) is 0 Å². The molecule has 0 radical (unpaired) electrons. The number of nitrogens with one attached hydrogen (secondary N) is 1. The van der Waals surface area contributed by atoms with Crippen LogP contribution in [-0.4, -0.2) is 22.9 Å². The monoisotopic (exact) mass is 219 g/mol. The largest absolute Gasteiger partial charge is 0.435 e. The van der Waals surface area contributed by atoms with Gasteiger partial charge >= 0.3 is 6.18 Å². The number of aromatic nitrogens is 2. The van der Waals surface area contributed by atoms with E-state index < -0.39 is 11.9 Å². The van der Waals surface area contributed by atoms with E-state index in [-0.39, 0.29) is 0 Å². The van der Waals surface area contributed by atoms with Crippen molar-refractivity contribution in [1.82, 2.24) is 15.1 Å². The molecule has 0 bridgehead atoms. The number of nitrogens with zero attached hydrogens (tertiary/aromatic N) is 2. The Balaban J connectivity index is 2.00. The molecule has 0 amide bonds. The highest BCUT2D eigenvalue weighted by molar-refractivity contribution is 5.03. The summed E-state index contributed by atoms with van der Waals surface area (Å²) in [5, 5.41) is 6.68. The van der Waals surface area contributed by atoms with Crippen LogP contribution in [0.15, 0.2) is 12.3 Å². The summed E-state index contributed by atoms with van der Waals surface area (Å²) in [5.74, 6) is 0.394. The summed E-state index contributed by atoms with van der Waals surface area (Å²) in [7, 11) is 0. The zero-order chi connectivity index (χ0) is 10.9. The molecule has 1 aliphatic rings. The fraction of sp³-hybridized carbons (Fsp3) is 0.667. The number of rotatable bonds is 2. The number of hydrogen-bond donors (Lipinski definition) is 1. The second-order valence-corrected chi connectivity index (χ2v) is 3.78. The van der Waals surface area contributed by atoms with Crippen LogP contribution < -0.4 is 5.32 Å². The molecule has 1 aromatic rings. The van der Waals surface area contributed by atoms with Crippen LogP contribution in [0.1, 0.15) is 12.1 Å². The maximum absolute atomic E-state index is 12.2. The lowest BCUT2D eigenvalue weighted by molar-refractivity contribution is -0.141. The third kappa shape index (κ3) is 2.50. The molecule has 1 unspecified atom stereocenters. The van der Waals surface area contributed by atoms with Gasteiger partial charge in [-0.1, -0.05) is 0 Å². The summed E-state index contributed by atoms with van der Waals surface area (Å²) in [6.07, 6.45) is -1.94. The highest BCUT2D eigenvalue weighted by Crippen LogP contribution is 2.27. The molecule has 1 N–H and O–H groups in total. The lowest BCUT2D eigenvalue weighted by atomic mass is 10.1. The van der Waals surface area contributed by atoms with Gasteiger partial charge in [0.15, 0.2) is 5.69 Å². The predicted octanol–water partition coefficient (Wildman–Crippen LogP) is 1.51. The molecular formula is C9H12F3N3. The molecule has 1 atom stereocenters. The third-order valence-electron chi connectivity index (χ3n) is 2.54. The van der Waals surface area contributed by atoms with Crippen molar-refractivity contribution in [1.29, 1.82) is 0 Å². The first-order valence-electron chi connectivity index (χ1n) is 4.87. The van der Waals surface area contributed by atoms with Crippen LogP contribution in [0.2, 0.25) is 0 Å². The zero-order valence-corrected chi connectivity index (χ0v) is 8.09. The Morgan fingerprint density at radius 3 is 2.87 bits per heavy atom. The van der Waals surface area contributed by atoms with E-state index in [0.717, 1.165) is 25.6 Å². The summed E-state index contributed by atoms with van der Waals surface area (Å²) < 4.78 is 38.1. The average Bonchev–Trinajstić information content (AvgIpc) is 2.73. The molecule has 0 aromatic carbocycles. The molecule has 0 aliphatic carbocycles. The van der Waals surface area contributed by atoms with Gasteiger partial charge in [-0.15, -0.1) is 0 Å².